The molecule has 0 bridgehead atoms. The van der Waals surface area contributed by atoms with E-state index in [0.717, 1.165) is 5.56 Å². The number of benzene rings is 3. The van der Waals surface area contributed by atoms with Gasteiger partial charge in [0.2, 0.25) is 0 Å². The lowest BCUT2D eigenvalue weighted by molar-refractivity contribution is -0.123. The van der Waals surface area contributed by atoms with Gasteiger partial charge in [0.25, 0.3) is 11.5 Å². The average molecular weight is 467 g/mol. The number of hydrogen-bond acceptors (Lipinski definition) is 5. The molecule has 0 fully saturated rings. The van der Waals surface area contributed by atoms with E-state index in [4.69, 9.17) is 4.74 Å². The van der Waals surface area contributed by atoms with Crippen molar-refractivity contribution in [3.63, 3.8) is 0 Å². The number of aromatic nitrogens is 4. The number of rotatable bonds is 6. The van der Waals surface area contributed by atoms with Gasteiger partial charge in [0.15, 0.2) is 6.10 Å². The highest BCUT2D eigenvalue weighted by Gasteiger charge is 2.21. The molecule has 0 saturated heterocycles. The van der Waals surface area contributed by atoms with Gasteiger partial charge in [-0.1, -0.05) is 48.5 Å². The smallest absolute Gasteiger partial charge is 0.338 e. The monoisotopic (exact) mass is 467 g/mol. The fourth-order valence-electron chi connectivity index (χ4n) is 3.61. The fourth-order valence-corrected chi connectivity index (χ4v) is 3.61. The van der Waals surface area contributed by atoms with Crippen LogP contribution in [0.5, 0.6) is 0 Å². The maximum atomic E-state index is 12.7. The van der Waals surface area contributed by atoms with E-state index in [1.165, 1.54) is 17.7 Å². The Morgan fingerprint density at radius 1 is 0.971 bits per heavy atom. The van der Waals surface area contributed by atoms with Gasteiger partial charge in [0, 0.05) is 11.6 Å². The summed E-state index contributed by atoms with van der Waals surface area (Å²) in [6.07, 6.45) is -1.09. The zero-order valence-corrected chi connectivity index (χ0v) is 18.7. The SMILES string of the molecule is CC(OC(=O)c1ccc2nc(-c3ccccc3)[nH]c2c1)C(=O)Nc1cc(=O)n(-c2ccccc2)[nH]1. The summed E-state index contributed by atoms with van der Waals surface area (Å²) in [5.41, 5.74) is 2.88. The number of esters is 1. The number of H-pyrrole nitrogens is 2. The Kier molecular flexibility index (Phi) is 5.72. The van der Waals surface area contributed by atoms with Gasteiger partial charge in [-0.25, -0.2) is 14.5 Å². The first-order chi connectivity index (χ1) is 17.0. The molecule has 0 radical (unpaired) electrons. The zero-order valence-electron chi connectivity index (χ0n) is 18.7. The van der Waals surface area contributed by atoms with Crippen molar-refractivity contribution in [1.29, 1.82) is 0 Å². The molecule has 174 valence electrons. The molecule has 9 nitrogen and oxygen atoms in total. The number of ether oxygens (including phenoxy) is 1. The van der Waals surface area contributed by atoms with Crippen LogP contribution in [-0.4, -0.2) is 37.7 Å². The molecule has 1 amide bonds. The number of carbonyl (C=O) groups is 2. The van der Waals surface area contributed by atoms with Crippen LogP contribution in [0.4, 0.5) is 5.82 Å². The Balaban J connectivity index is 1.26. The molecule has 5 rings (SSSR count). The van der Waals surface area contributed by atoms with Crippen LogP contribution >= 0.6 is 0 Å². The first-order valence-electron chi connectivity index (χ1n) is 10.9. The van der Waals surface area contributed by atoms with Gasteiger partial charge in [-0.15, -0.1) is 0 Å². The van der Waals surface area contributed by atoms with Crippen molar-refractivity contribution in [3.05, 3.63) is 101 Å². The van der Waals surface area contributed by atoms with Crippen molar-refractivity contribution in [2.24, 2.45) is 0 Å². The van der Waals surface area contributed by atoms with Gasteiger partial charge in [0.1, 0.15) is 11.6 Å². The van der Waals surface area contributed by atoms with E-state index in [1.807, 2.05) is 36.4 Å². The average Bonchev–Trinajstić information content (AvgIpc) is 3.47. The Morgan fingerprint density at radius 3 is 2.43 bits per heavy atom. The minimum Gasteiger partial charge on any atom is -0.449 e. The lowest BCUT2D eigenvalue weighted by Crippen LogP contribution is -2.30. The van der Waals surface area contributed by atoms with E-state index in [-0.39, 0.29) is 16.9 Å². The van der Waals surface area contributed by atoms with Crippen molar-refractivity contribution in [1.82, 2.24) is 19.7 Å². The number of anilines is 1. The highest BCUT2D eigenvalue weighted by molar-refractivity contribution is 5.98. The standard InChI is InChI=1S/C26H21N5O4/c1-16(25(33)29-22-15-23(32)31(30-22)19-10-6-3-7-11-19)35-26(34)18-12-13-20-21(14-18)28-24(27-20)17-8-4-2-5-9-17/h2-16,30H,1H3,(H,27,28)(H,29,33). The molecule has 0 aliphatic heterocycles. The molecule has 0 spiro atoms. The summed E-state index contributed by atoms with van der Waals surface area (Å²) >= 11 is 0. The third-order valence-corrected chi connectivity index (χ3v) is 5.41. The highest BCUT2D eigenvalue weighted by Crippen LogP contribution is 2.21. The molecule has 35 heavy (non-hydrogen) atoms. The number of aromatic amines is 2. The topological polar surface area (TPSA) is 122 Å². The molecule has 1 atom stereocenters. The van der Waals surface area contributed by atoms with Crippen molar-refractivity contribution < 1.29 is 14.3 Å². The van der Waals surface area contributed by atoms with Crippen molar-refractivity contribution in [2.45, 2.75) is 13.0 Å². The number of nitrogens with one attached hydrogen (secondary N) is 3. The molecule has 1 unspecified atom stereocenters. The van der Waals surface area contributed by atoms with Crippen LogP contribution in [0.3, 0.4) is 0 Å². The number of carbonyl (C=O) groups excluding carboxylic acids is 2. The number of nitrogens with zero attached hydrogens (tertiary/aromatic N) is 2. The summed E-state index contributed by atoms with van der Waals surface area (Å²) in [5, 5.41) is 5.40. The predicted molar refractivity (Wildman–Crippen MR) is 131 cm³/mol. The second kappa shape index (κ2) is 9.14. The molecule has 0 aliphatic rings. The summed E-state index contributed by atoms with van der Waals surface area (Å²) in [7, 11) is 0. The van der Waals surface area contributed by atoms with Gasteiger partial charge in [-0.3, -0.25) is 14.7 Å². The molecule has 3 N–H and O–H groups in total. The minimum absolute atomic E-state index is 0.194. The van der Waals surface area contributed by atoms with Gasteiger partial charge in [-0.2, -0.15) is 0 Å². The van der Waals surface area contributed by atoms with Crippen LogP contribution in [0.25, 0.3) is 28.1 Å². The maximum absolute atomic E-state index is 12.7. The maximum Gasteiger partial charge on any atom is 0.338 e. The summed E-state index contributed by atoms with van der Waals surface area (Å²) < 4.78 is 6.65. The molecule has 0 saturated carbocycles. The number of amides is 1. The van der Waals surface area contributed by atoms with Gasteiger partial charge >= 0.3 is 5.97 Å². The van der Waals surface area contributed by atoms with Gasteiger partial charge < -0.3 is 15.0 Å². The molecule has 9 heteroatoms. The Bertz CT molecular complexity index is 1570. The first-order valence-corrected chi connectivity index (χ1v) is 10.9. The minimum atomic E-state index is -1.09. The zero-order chi connectivity index (χ0) is 24.4. The molecule has 3 aromatic carbocycles. The second-order valence-corrected chi connectivity index (χ2v) is 7.90. The normalized spacial score (nSPS) is 11.8. The number of fused-ring (bicyclic) bond motifs is 1. The molecular weight excluding hydrogens is 446 g/mol. The van der Waals surface area contributed by atoms with E-state index in [2.05, 4.69) is 20.4 Å². The third-order valence-electron chi connectivity index (χ3n) is 5.41. The molecule has 0 aliphatic carbocycles. The fraction of sp³-hybridized carbons (Fsp3) is 0.0769. The predicted octanol–water partition coefficient (Wildman–Crippen LogP) is 3.89. The van der Waals surface area contributed by atoms with Crippen LogP contribution in [0, 0.1) is 0 Å². The van der Waals surface area contributed by atoms with Crippen LogP contribution < -0.4 is 10.9 Å². The number of para-hydroxylation sites is 1. The Hall–Kier alpha value is -4.92. The van der Waals surface area contributed by atoms with E-state index < -0.39 is 18.0 Å². The van der Waals surface area contributed by atoms with Crippen molar-refractivity contribution in [3.8, 4) is 17.1 Å². The van der Waals surface area contributed by atoms with Gasteiger partial charge in [-0.05, 0) is 37.3 Å². The molecule has 2 aromatic heterocycles. The van der Waals surface area contributed by atoms with Crippen LogP contribution in [-0.2, 0) is 9.53 Å². The van der Waals surface area contributed by atoms with E-state index >= 15 is 0 Å². The lowest BCUT2D eigenvalue weighted by atomic mass is 10.2. The third kappa shape index (κ3) is 4.60. The molecule has 2 heterocycles. The number of imidazole rings is 1. The van der Waals surface area contributed by atoms with Crippen molar-refractivity contribution >= 4 is 28.7 Å². The molecule has 5 aromatic rings. The van der Waals surface area contributed by atoms with Crippen molar-refractivity contribution in [2.75, 3.05) is 5.32 Å². The van der Waals surface area contributed by atoms with Gasteiger partial charge in [0.05, 0.1) is 22.3 Å². The highest BCUT2D eigenvalue weighted by atomic mass is 16.5. The van der Waals surface area contributed by atoms with E-state index in [0.29, 0.717) is 22.5 Å². The largest absolute Gasteiger partial charge is 0.449 e. The van der Waals surface area contributed by atoms with Crippen LogP contribution in [0.1, 0.15) is 17.3 Å². The Morgan fingerprint density at radius 2 is 1.69 bits per heavy atom. The first kappa shape index (κ1) is 21.9. The summed E-state index contributed by atoms with van der Waals surface area (Å²) in [4.78, 5) is 45.2. The summed E-state index contributed by atoms with van der Waals surface area (Å²) in [5.74, 6) is -0.344. The summed E-state index contributed by atoms with van der Waals surface area (Å²) in [6.45, 7) is 1.46. The lowest BCUT2D eigenvalue weighted by Gasteiger charge is -2.12. The summed E-state index contributed by atoms with van der Waals surface area (Å²) in [6, 6.07) is 24.8. The molecular formula is C26H21N5O4. The number of hydrogen-bond donors (Lipinski definition) is 3. The Labute approximate surface area is 199 Å². The van der Waals surface area contributed by atoms with Crippen LogP contribution in [0.2, 0.25) is 0 Å². The van der Waals surface area contributed by atoms with Crippen LogP contribution in [0.15, 0.2) is 89.7 Å². The quantitative estimate of drug-likeness (QED) is 0.327. The van der Waals surface area contributed by atoms with E-state index in [1.54, 1.807) is 42.5 Å². The second-order valence-electron chi connectivity index (χ2n) is 7.90. The van der Waals surface area contributed by atoms with E-state index in [9.17, 15) is 14.4 Å².